The molecule has 1 amide bonds. The molecule has 1 aromatic carbocycles. The minimum absolute atomic E-state index is 0.0734. The van der Waals surface area contributed by atoms with Gasteiger partial charge in [-0.25, -0.2) is 0 Å². The first-order chi connectivity index (χ1) is 9.17. The fraction of sp³-hybridized carbons (Fsp3) is 0.467. The second kappa shape index (κ2) is 5.97. The molecule has 0 atom stereocenters. The molecule has 19 heavy (non-hydrogen) atoms. The third-order valence-corrected chi connectivity index (χ3v) is 3.50. The average Bonchev–Trinajstić information content (AvgIpc) is 2.45. The lowest BCUT2D eigenvalue weighted by Gasteiger charge is -2.29. The molecule has 4 nitrogen and oxygen atoms in total. The summed E-state index contributed by atoms with van der Waals surface area (Å²) in [5.41, 5.74) is 8.17. The van der Waals surface area contributed by atoms with Gasteiger partial charge in [-0.15, -0.1) is 0 Å². The van der Waals surface area contributed by atoms with Gasteiger partial charge in [0.1, 0.15) is 0 Å². The van der Waals surface area contributed by atoms with Crippen LogP contribution in [0.3, 0.4) is 0 Å². The Morgan fingerprint density at radius 1 is 1.37 bits per heavy atom. The van der Waals surface area contributed by atoms with Gasteiger partial charge in [0.2, 0.25) is 5.91 Å². The van der Waals surface area contributed by atoms with E-state index in [1.165, 1.54) is 0 Å². The summed E-state index contributed by atoms with van der Waals surface area (Å²) in [4.78, 5) is 25.6. The van der Waals surface area contributed by atoms with Crippen molar-refractivity contribution in [1.82, 2.24) is 0 Å². The van der Waals surface area contributed by atoms with E-state index in [-0.39, 0.29) is 11.7 Å². The molecule has 0 aromatic heterocycles. The standard InChI is InChI=1S/C15H20N2O2/c1-2-15(19)17-9-3-4-11-10-12(5-6-13(11)17)14(18)7-8-16/h5-6,10H,2-4,7-9,16H2,1H3. The lowest BCUT2D eigenvalue weighted by molar-refractivity contribution is -0.118. The predicted molar refractivity (Wildman–Crippen MR) is 75.4 cm³/mol. The van der Waals surface area contributed by atoms with Gasteiger partial charge < -0.3 is 10.6 Å². The van der Waals surface area contributed by atoms with E-state index in [2.05, 4.69) is 0 Å². The number of hydrogen-bond donors (Lipinski definition) is 1. The molecule has 0 bridgehead atoms. The van der Waals surface area contributed by atoms with Crippen molar-refractivity contribution >= 4 is 17.4 Å². The van der Waals surface area contributed by atoms with Gasteiger partial charge in [-0.3, -0.25) is 9.59 Å². The molecule has 1 aromatic rings. The van der Waals surface area contributed by atoms with E-state index in [1.54, 1.807) is 6.07 Å². The highest BCUT2D eigenvalue weighted by Crippen LogP contribution is 2.28. The summed E-state index contributed by atoms with van der Waals surface area (Å²) < 4.78 is 0. The molecule has 0 saturated carbocycles. The van der Waals surface area contributed by atoms with Crippen LogP contribution in [0.4, 0.5) is 5.69 Å². The number of Topliss-reactive ketones (excluding diaryl/α,β-unsaturated/α-hetero) is 1. The summed E-state index contributed by atoms with van der Waals surface area (Å²) in [6.45, 7) is 3.02. The maximum atomic E-state index is 11.9. The summed E-state index contributed by atoms with van der Waals surface area (Å²) in [5.74, 6) is 0.214. The van der Waals surface area contributed by atoms with Gasteiger partial charge in [-0.2, -0.15) is 0 Å². The first-order valence-electron chi connectivity index (χ1n) is 6.84. The Morgan fingerprint density at radius 3 is 2.84 bits per heavy atom. The van der Waals surface area contributed by atoms with Crippen molar-refractivity contribution in [1.29, 1.82) is 0 Å². The van der Waals surface area contributed by atoms with Crippen molar-refractivity contribution in [2.24, 2.45) is 5.73 Å². The maximum Gasteiger partial charge on any atom is 0.226 e. The number of rotatable bonds is 4. The van der Waals surface area contributed by atoms with Crippen LogP contribution in [0.5, 0.6) is 0 Å². The van der Waals surface area contributed by atoms with Crippen molar-refractivity contribution in [3.05, 3.63) is 29.3 Å². The highest BCUT2D eigenvalue weighted by atomic mass is 16.2. The molecule has 0 radical (unpaired) electrons. The lowest BCUT2D eigenvalue weighted by Crippen LogP contribution is -2.35. The summed E-state index contributed by atoms with van der Waals surface area (Å²) in [6.07, 6.45) is 2.75. The van der Waals surface area contributed by atoms with Crippen molar-refractivity contribution in [2.75, 3.05) is 18.0 Å². The zero-order valence-electron chi connectivity index (χ0n) is 11.3. The highest BCUT2D eigenvalue weighted by molar-refractivity contribution is 5.98. The van der Waals surface area contributed by atoms with Crippen LogP contribution in [0.1, 0.15) is 42.1 Å². The van der Waals surface area contributed by atoms with Gasteiger partial charge in [0.25, 0.3) is 0 Å². The van der Waals surface area contributed by atoms with Crippen LogP contribution in [0.25, 0.3) is 0 Å². The Kier molecular flexibility index (Phi) is 4.32. The van der Waals surface area contributed by atoms with Gasteiger partial charge >= 0.3 is 0 Å². The highest BCUT2D eigenvalue weighted by Gasteiger charge is 2.22. The number of fused-ring (bicyclic) bond motifs is 1. The Labute approximate surface area is 113 Å². The van der Waals surface area contributed by atoms with Crippen LogP contribution in [0, 0.1) is 0 Å². The van der Waals surface area contributed by atoms with Gasteiger partial charge in [-0.1, -0.05) is 6.92 Å². The predicted octanol–water partition coefficient (Wildman–Crippen LogP) is 1.91. The third-order valence-electron chi connectivity index (χ3n) is 3.50. The van der Waals surface area contributed by atoms with Crippen molar-refractivity contribution in [2.45, 2.75) is 32.6 Å². The number of amides is 1. The molecule has 0 spiro atoms. The van der Waals surface area contributed by atoms with Gasteiger partial charge in [0.05, 0.1) is 0 Å². The number of aryl methyl sites for hydroxylation is 1. The minimum Gasteiger partial charge on any atom is -0.330 e. The topological polar surface area (TPSA) is 63.4 Å². The monoisotopic (exact) mass is 260 g/mol. The smallest absolute Gasteiger partial charge is 0.226 e. The third kappa shape index (κ3) is 2.84. The fourth-order valence-electron chi connectivity index (χ4n) is 2.50. The number of hydrogen-bond acceptors (Lipinski definition) is 3. The molecule has 0 fully saturated rings. The van der Waals surface area contributed by atoms with E-state index >= 15 is 0 Å². The van der Waals surface area contributed by atoms with Crippen LogP contribution < -0.4 is 10.6 Å². The molecular weight excluding hydrogens is 240 g/mol. The zero-order valence-corrected chi connectivity index (χ0v) is 11.3. The molecule has 1 heterocycles. The molecule has 1 aliphatic rings. The van der Waals surface area contributed by atoms with Crippen LogP contribution in [-0.2, 0) is 11.2 Å². The van der Waals surface area contributed by atoms with Crippen LogP contribution in [0.2, 0.25) is 0 Å². The summed E-state index contributed by atoms with van der Waals surface area (Å²) in [7, 11) is 0. The number of nitrogens with zero attached hydrogens (tertiary/aromatic N) is 1. The SMILES string of the molecule is CCC(=O)N1CCCc2cc(C(=O)CCN)ccc21. The number of carbonyl (C=O) groups is 2. The first-order valence-corrected chi connectivity index (χ1v) is 6.84. The molecule has 2 rings (SSSR count). The minimum atomic E-state index is 0.0734. The molecule has 0 aliphatic carbocycles. The largest absolute Gasteiger partial charge is 0.330 e. The lowest BCUT2D eigenvalue weighted by atomic mass is 9.97. The van der Waals surface area contributed by atoms with Gasteiger partial charge in [0.15, 0.2) is 5.78 Å². The maximum absolute atomic E-state index is 11.9. The number of anilines is 1. The molecule has 4 heteroatoms. The van der Waals surface area contributed by atoms with E-state index < -0.39 is 0 Å². The first kappa shape index (κ1) is 13.7. The number of ketones is 1. The molecule has 102 valence electrons. The van der Waals surface area contributed by atoms with E-state index in [1.807, 2.05) is 24.0 Å². The van der Waals surface area contributed by atoms with Crippen molar-refractivity contribution < 1.29 is 9.59 Å². The van der Waals surface area contributed by atoms with E-state index in [0.29, 0.717) is 24.9 Å². The van der Waals surface area contributed by atoms with E-state index in [4.69, 9.17) is 5.73 Å². The molecule has 0 unspecified atom stereocenters. The summed E-state index contributed by atoms with van der Waals surface area (Å²) >= 11 is 0. The Balaban J connectivity index is 2.30. The number of carbonyl (C=O) groups excluding carboxylic acids is 2. The van der Waals surface area contributed by atoms with Crippen LogP contribution in [-0.4, -0.2) is 24.8 Å². The quantitative estimate of drug-likeness (QED) is 0.841. The van der Waals surface area contributed by atoms with Crippen molar-refractivity contribution in [3.63, 3.8) is 0 Å². The second-order valence-corrected chi connectivity index (χ2v) is 4.81. The Bertz CT molecular complexity index is 497. The number of benzene rings is 1. The average molecular weight is 260 g/mol. The number of nitrogens with two attached hydrogens (primary N) is 1. The Morgan fingerprint density at radius 2 is 2.16 bits per heavy atom. The van der Waals surface area contributed by atoms with Crippen molar-refractivity contribution in [3.8, 4) is 0 Å². The fourth-order valence-corrected chi connectivity index (χ4v) is 2.50. The molecular formula is C15H20N2O2. The molecule has 2 N–H and O–H groups in total. The normalized spacial score (nSPS) is 14.1. The van der Waals surface area contributed by atoms with Gasteiger partial charge in [0, 0.05) is 30.6 Å². The summed E-state index contributed by atoms with van der Waals surface area (Å²) in [5, 5.41) is 0. The zero-order chi connectivity index (χ0) is 13.8. The van der Waals surface area contributed by atoms with E-state index in [9.17, 15) is 9.59 Å². The van der Waals surface area contributed by atoms with E-state index in [0.717, 1.165) is 30.6 Å². The van der Waals surface area contributed by atoms with Crippen LogP contribution >= 0.6 is 0 Å². The molecule has 1 aliphatic heterocycles. The molecule has 0 saturated heterocycles. The van der Waals surface area contributed by atoms with Crippen LogP contribution in [0.15, 0.2) is 18.2 Å². The van der Waals surface area contributed by atoms with Gasteiger partial charge in [-0.05, 0) is 43.1 Å². The summed E-state index contributed by atoms with van der Waals surface area (Å²) in [6, 6.07) is 5.62. The Hall–Kier alpha value is -1.68. The second-order valence-electron chi connectivity index (χ2n) is 4.81.